The molecule has 1 aromatic carbocycles. The van der Waals surface area contributed by atoms with Crippen LogP contribution in [0.2, 0.25) is 23.2 Å². The zero-order valence-electron chi connectivity index (χ0n) is 22.5. The van der Waals surface area contributed by atoms with Gasteiger partial charge in [-0.1, -0.05) is 32.4 Å². The summed E-state index contributed by atoms with van der Waals surface area (Å²) in [7, 11) is -1.82. The molecule has 3 saturated carbocycles. The number of pyridine rings is 1. The Balaban J connectivity index is 1.16. The lowest BCUT2D eigenvalue weighted by Gasteiger charge is -2.70. The molecule has 2 amide bonds. The van der Waals surface area contributed by atoms with Crippen molar-refractivity contribution in [1.82, 2.24) is 15.6 Å². The van der Waals surface area contributed by atoms with Crippen molar-refractivity contribution in [1.29, 1.82) is 0 Å². The van der Waals surface area contributed by atoms with Crippen LogP contribution in [0.1, 0.15) is 50.4 Å². The average Bonchev–Trinajstić information content (AvgIpc) is 2.80. The van der Waals surface area contributed by atoms with Crippen LogP contribution in [0.5, 0.6) is 11.6 Å². The third kappa shape index (κ3) is 6.30. The van der Waals surface area contributed by atoms with E-state index in [-0.39, 0.29) is 45.3 Å². The highest BCUT2D eigenvalue weighted by Crippen LogP contribution is 2.60. The van der Waals surface area contributed by atoms with Gasteiger partial charge in [-0.25, -0.2) is 9.37 Å². The SMILES string of the molecule is CC(C)(C)[Si](C)(C)OCCOc1ccc(C(=O)NC23CC(NC(=O)COc4ccc(Cl)c(F)c4)(C2)C3)cn1. The van der Waals surface area contributed by atoms with Gasteiger partial charge in [-0.2, -0.15) is 0 Å². The Kier molecular flexibility index (Phi) is 7.80. The quantitative estimate of drug-likeness (QED) is 0.299. The fraction of sp³-hybridized carbons (Fsp3) is 0.519. The number of ether oxygens (including phenoxy) is 2. The van der Waals surface area contributed by atoms with Gasteiger partial charge in [0.2, 0.25) is 5.88 Å². The first kappa shape index (κ1) is 28.3. The third-order valence-corrected chi connectivity index (χ3v) is 12.5. The van der Waals surface area contributed by atoms with E-state index in [1.807, 2.05) is 0 Å². The molecule has 2 N–H and O–H groups in total. The molecule has 3 aliphatic rings. The van der Waals surface area contributed by atoms with E-state index in [0.717, 1.165) is 6.07 Å². The zero-order valence-corrected chi connectivity index (χ0v) is 24.2. The second-order valence-corrected chi connectivity index (χ2v) is 17.0. The van der Waals surface area contributed by atoms with Gasteiger partial charge in [0.25, 0.3) is 11.8 Å². The van der Waals surface area contributed by atoms with Gasteiger partial charge in [-0.15, -0.1) is 0 Å². The van der Waals surface area contributed by atoms with Crippen molar-refractivity contribution >= 4 is 31.7 Å². The molecule has 0 atom stereocenters. The number of hydrogen-bond donors (Lipinski definition) is 2. The maximum atomic E-state index is 13.5. The topological polar surface area (TPSA) is 98.8 Å². The highest BCUT2D eigenvalue weighted by Gasteiger charge is 2.69. The molecule has 0 spiro atoms. The Morgan fingerprint density at radius 2 is 1.74 bits per heavy atom. The minimum atomic E-state index is -1.82. The van der Waals surface area contributed by atoms with E-state index >= 15 is 0 Å². The molecular weight excluding hydrogens is 529 g/mol. The summed E-state index contributed by atoms with van der Waals surface area (Å²) in [5, 5.41) is 6.17. The average molecular weight is 564 g/mol. The van der Waals surface area contributed by atoms with Crippen molar-refractivity contribution in [3.63, 3.8) is 0 Å². The molecular formula is C27H35ClFN3O5Si. The first-order valence-corrected chi connectivity index (χ1v) is 15.9. The van der Waals surface area contributed by atoms with Crippen molar-refractivity contribution in [2.24, 2.45) is 0 Å². The molecule has 1 aromatic heterocycles. The second kappa shape index (κ2) is 10.5. The molecule has 3 aliphatic carbocycles. The molecule has 0 unspecified atom stereocenters. The summed E-state index contributed by atoms with van der Waals surface area (Å²) < 4.78 is 30.6. The van der Waals surface area contributed by atoms with Crippen LogP contribution >= 0.6 is 11.6 Å². The number of aromatic nitrogens is 1. The molecule has 5 rings (SSSR count). The number of hydrogen-bond acceptors (Lipinski definition) is 6. The normalized spacial score (nSPS) is 22.1. The Hall–Kier alpha value is -2.69. The van der Waals surface area contributed by atoms with Crippen molar-refractivity contribution in [2.45, 2.75) is 69.2 Å². The van der Waals surface area contributed by atoms with Crippen LogP contribution in [-0.2, 0) is 9.22 Å². The number of nitrogens with one attached hydrogen (secondary N) is 2. The molecule has 8 nitrogen and oxygen atoms in total. The van der Waals surface area contributed by atoms with Crippen LogP contribution in [0.15, 0.2) is 36.5 Å². The van der Waals surface area contributed by atoms with Gasteiger partial charge in [0.1, 0.15) is 18.2 Å². The van der Waals surface area contributed by atoms with E-state index in [0.29, 0.717) is 43.9 Å². The summed E-state index contributed by atoms with van der Waals surface area (Å²) in [5.41, 5.74) is -0.205. The Labute approximate surface area is 228 Å². The van der Waals surface area contributed by atoms with Crippen molar-refractivity contribution in [3.05, 3.63) is 52.9 Å². The van der Waals surface area contributed by atoms with E-state index in [4.69, 9.17) is 25.5 Å². The van der Waals surface area contributed by atoms with Crippen molar-refractivity contribution < 1.29 is 27.9 Å². The van der Waals surface area contributed by atoms with E-state index < -0.39 is 14.1 Å². The number of carbonyl (C=O) groups is 2. The van der Waals surface area contributed by atoms with Crippen LogP contribution in [0, 0.1) is 5.82 Å². The summed E-state index contributed by atoms with van der Waals surface area (Å²) in [6.07, 6.45) is 3.45. The van der Waals surface area contributed by atoms with Crippen LogP contribution in [0.25, 0.3) is 0 Å². The molecule has 1 heterocycles. The van der Waals surface area contributed by atoms with E-state index in [1.165, 1.54) is 18.3 Å². The first-order valence-electron chi connectivity index (χ1n) is 12.7. The molecule has 206 valence electrons. The fourth-order valence-corrected chi connectivity index (χ4v) is 5.82. The number of halogens is 2. The maximum absolute atomic E-state index is 13.5. The van der Waals surface area contributed by atoms with Gasteiger partial charge < -0.3 is 24.5 Å². The van der Waals surface area contributed by atoms with E-state index in [2.05, 4.69) is 49.5 Å². The molecule has 11 heteroatoms. The lowest BCUT2D eigenvalue weighted by molar-refractivity contribution is -0.141. The molecule has 2 aromatic rings. The molecule has 0 radical (unpaired) electrons. The number of rotatable bonds is 11. The van der Waals surface area contributed by atoms with Crippen LogP contribution in [0.3, 0.4) is 0 Å². The Morgan fingerprint density at radius 1 is 1.05 bits per heavy atom. The van der Waals surface area contributed by atoms with Crippen LogP contribution in [-0.4, -0.2) is 56.0 Å². The summed E-state index contributed by atoms with van der Waals surface area (Å²) in [6.45, 7) is 11.6. The van der Waals surface area contributed by atoms with E-state index in [1.54, 1.807) is 12.1 Å². The molecule has 0 aliphatic heterocycles. The van der Waals surface area contributed by atoms with E-state index in [9.17, 15) is 14.0 Å². The number of amides is 2. The highest BCUT2D eigenvalue weighted by atomic mass is 35.5. The molecule has 0 saturated heterocycles. The summed E-state index contributed by atoms with van der Waals surface area (Å²) in [5.74, 6) is -0.442. The summed E-state index contributed by atoms with van der Waals surface area (Å²) >= 11 is 5.65. The smallest absolute Gasteiger partial charge is 0.258 e. The highest BCUT2D eigenvalue weighted by molar-refractivity contribution is 6.74. The largest absolute Gasteiger partial charge is 0.484 e. The molecule has 3 fully saturated rings. The Morgan fingerprint density at radius 3 is 2.34 bits per heavy atom. The fourth-order valence-electron chi connectivity index (χ4n) is 4.67. The lowest BCUT2D eigenvalue weighted by atomic mass is 9.44. The Bertz CT molecular complexity index is 1180. The number of nitrogens with zero attached hydrogens (tertiary/aromatic N) is 1. The first-order chi connectivity index (χ1) is 17.7. The maximum Gasteiger partial charge on any atom is 0.258 e. The van der Waals surface area contributed by atoms with Gasteiger partial charge in [-0.05, 0) is 55.6 Å². The standard InChI is InChI=1S/C27H35ClFN3O5Si/c1-25(2,3)38(4,5)37-11-10-35-23-9-6-18(13-30-23)24(34)32-27-15-26(16-27,17-27)31-22(33)14-36-19-7-8-20(28)21(29)12-19/h6-9,12-13H,10-11,14-17H2,1-5H3,(H,31,33)(H,32,34). The summed E-state index contributed by atoms with van der Waals surface area (Å²) in [6, 6.07) is 7.38. The zero-order chi connectivity index (χ0) is 27.8. The van der Waals surface area contributed by atoms with Gasteiger partial charge >= 0.3 is 0 Å². The predicted molar refractivity (Wildman–Crippen MR) is 145 cm³/mol. The number of carbonyl (C=O) groups excluding carboxylic acids is 2. The predicted octanol–water partition coefficient (Wildman–Crippen LogP) is 4.87. The second-order valence-electron chi connectivity index (χ2n) is 11.8. The molecule has 38 heavy (non-hydrogen) atoms. The van der Waals surface area contributed by atoms with Gasteiger partial charge in [-0.3, -0.25) is 9.59 Å². The minimum absolute atomic E-state index is 0.00863. The number of benzene rings is 1. The van der Waals surface area contributed by atoms with Gasteiger partial charge in [0.05, 0.1) is 17.2 Å². The summed E-state index contributed by atoms with van der Waals surface area (Å²) in [4.78, 5) is 29.3. The van der Waals surface area contributed by atoms with Crippen LogP contribution < -0.4 is 20.1 Å². The van der Waals surface area contributed by atoms with Crippen molar-refractivity contribution in [2.75, 3.05) is 19.8 Å². The minimum Gasteiger partial charge on any atom is -0.484 e. The third-order valence-electron chi connectivity index (χ3n) is 7.68. The van der Waals surface area contributed by atoms with Gasteiger partial charge in [0, 0.05) is 29.4 Å². The van der Waals surface area contributed by atoms with Gasteiger partial charge in [0.15, 0.2) is 14.9 Å². The lowest BCUT2D eigenvalue weighted by Crippen LogP contribution is -2.84. The van der Waals surface area contributed by atoms with Crippen LogP contribution in [0.4, 0.5) is 4.39 Å². The molecule has 2 bridgehead atoms. The van der Waals surface area contributed by atoms with Crippen molar-refractivity contribution in [3.8, 4) is 11.6 Å². The monoisotopic (exact) mass is 563 g/mol.